The monoisotopic (exact) mass is 1290 g/mol. The van der Waals surface area contributed by atoms with Crippen molar-refractivity contribution in [2.75, 3.05) is 13.2 Å². The zero-order valence-electron chi connectivity index (χ0n) is 63.1. The third-order valence-corrected chi connectivity index (χ3v) is 20.4. The van der Waals surface area contributed by atoms with Gasteiger partial charge in [-0.2, -0.15) is 26.3 Å². The van der Waals surface area contributed by atoms with Crippen molar-refractivity contribution in [2.45, 2.75) is 365 Å². The lowest BCUT2D eigenvalue weighted by molar-refractivity contribution is -0.195. The molecule has 88 heavy (non-hydrogen) atoms. The van der Waals surface area contributed by atoms with E-state index in [1.54, 1.807) is 55.4 Å². The van der Waals surface area contributed by atoms with Crippen molar-refractivity contribution < 1.29 is 54.1 Å². The van der Waals surface area contributed by atoms with Gasteiger partial charge in [0.25, 0.3) is 0 Å². The predicted octanol–water partition coefficient (Wildman–Crippen LogP) is 28.3. The molecule has 0 aromatic carbocycles. The molecule has 12 heteroatoms. The van der Waals surface area contributed by atoms with E-state index in [9.17, 15) is 43.9 Å². The van der Waals surface area contributed by atoms with Crippen LogP contribution in [0.2, 0.25) is 0 Å². The first kappa shape index (κ1) is 103. The number of aliphatic hydroxyl groups is 2. The molecule has 6 atom stereocenters. The van der Waals surface area contributed by atoms with Gasteiger partial charge in [-0.05, 0) is 104 Å². The molecule has 0 radical (unpaired) electrons. The van der Waals surface area contributed by atoms with E-state index in [0.717, 1.165) is 35.5 Å². The van der Waals surface area contributed by atoms with Crippen molar-refractivity contribution in [3.05, 3.63) is 0 Å². The Labute approximate surface area is 544 Å². The number of halogens is 10. The lowest BCUT2D eigenvalue weighted by atomic mass is 9.78. The second kappa shape index (κ2) is 45.6. The van der Waals surface area contributed by atoms with Crippen molar-refractivity contribution in [3.63, 3.8) is 0 Å². The van der Waals surface area contributed by atoms with Gasteiger partial charge in [-0.25, -0.2) is 17.6 Å². The van der Waals surface area contributed by atoms with Gasteiger partial charge in [0.05, 0.1) is 11.8 Å². The highest BCUT2D eigenvalue weighted by atomic mass is 19.4. The summed E-state index contributed by atoms with van der Waals surface area (Å²) < 4.78 is 119. The van der Waals surface area contributed by atoms with Crippen LogP contribution in [0, 0.1) is 114 Å². The van der Waals surface area contributed by atoms with Gasteiger partial charge >= 0.3 is 12.4 Å². The van der Waals surface area contributed by atoms with Crippen molar-refractivity contribution in [1.29, 1.82) is 0 Å². The van der Waals surface area contributed by atoms with E-state index in [0.29, 0.717) is 35.9 Å². The molecule has 4 saturated carbocycles. The Morgan fingerprint density at radius 1 is 0.341 bits per heavy atom. The van der Waals surface area contributed by atoms with E-state index in [1.807, 2.05) is 41.5 Å². The molecule has 2 nitrogen and oxygen atoms in total. The predicted molar refractivity (Wildman–Crippen MR) is 371 cm³/mol. The Balaban J connectivity index is -0.000000134. The smallest absolute Gasteiger partial charge is 0.392 e. The first-order valence-electron chi connectivity index (χ1n) is 33.8. The maximum Gasteiger partial charge on any atom is 0.392 e. The van der Waals surface area contributed by atoms with E-state index < -0.39 is 59.7 Å². The van der Waals surface area contributed by atoms with Crippen LogP contribution in [0.1, 0.15) is 340 Å². The second-order valence-electron chi connectivity index (χ2n) is 35.3. The quantitative estimate of drug-likeness (QED) is 0.249. The van der Waals surface area contributed by atoms with Crippen LogP contribution in [-0.4, -0.2) is 48.6 Å². The summed E-state index contributed by atoms with van der Waals surface area (Å²) in [6, 6.07) is 0. The lowest BCUT2D eigenvalue weighted by Crippen LogP contribution is -2.31. The summed E-state index contributed by atoms with van der Waals surface area (Å²) in [7, 11) is 0. The molecule has 0 heterocycles. The van der Waals surface area contributed by atoms with Crippen molar-refractivity contribution in [2.24, 2.45) is 114 Å². The molecule has 0 aromatic heterocycles. The van der Waals surface area contributed by atoms with Crippen LogP contribution in [-0.2, 0) is 0 Å². The van der Waals surface area contributed by atoms with Gasteiger partial charge in [0.2, 0.25) is 12.9 Å². The summed E-state index contributed by atoms with van der Waals surface area (Å²) in [5.74, 6) is 3.34. The van der Waals surface area contributed by atoms with Gasteiger partial charge in [0.1, 0.15) is 0 Å². The molecule has 4 rings (SSSR count). The van der Waals surface area contributed by atoms with Crippen LogP contribution in [0.4, 0.5) is 43.9 Å². The third-order valence-electron chi connectivity index (χ3n) is 20.4. The summed E-state index contributed by atoms with van der Waals surface area (Å²) in [6.45, 7) is 67.0. The van der Waals surface area contributed by atoms with E-state index in [1.165, 1.54) is 104 Å². The van der Waals surface area contributed by atoms with Gasteiger partial charge in [-0.15, -0.1) is 0 Å². The van der Waals surface area contributed by atoms with E-state index in [2.05, 4.69) is 125 Å². The highest BCUT2D eigenvalue weighted by Crippen LogP contribution is 2.57. The van der Waals surface area contributed by atoms with Crippen molar-refractivity contribution in [3.8, 4) is 0 Å². The molecule has 0 bridgehead atoms. The molecular weight excluding hydrogens is 1130 g/mol. The SMILES string of the molecule is C.C.CC(C(C)(C)C)C(F)(F)F.CC(C(C)(C)C)C(F)(F)F.CC(C)(C)C1(C)CC1.CC(C)C1CCC1.CC(C)C1CCCC1.CC(C)C1CCCCC1.C[C@@H](C(F)F)C(C)(C)C.C[C@@H](CO)C(C)(C)C.C[C@H](C(F)F)C(C)(C)C.C[C@H](CO)C(C)(C)C. The molecule has 0 saturated heterocycles. The number of aliphatic hydroxyl groups excluding tert-OH is 2. The number of rotatable bonds is 7. The van der Waals surface area contributed by atoms with Crippen molar-refractivity contribution >= 4 is 0 Å². The van der Waals surface area contributed by atoms with E-state index in [-0.39, 0.29) is 36.5 Å². The minimum Gasteiger partial charge on any atom is -0.396 e. The van der Waals surface area contributed by atoms with Gasteiger partial charge in [0, 0.05) is 25.0 Å². The highest BCUT2D eigenvalue weighted by Gasteiger charge is 2.47. The maximum absolute atomic E-state index is 11.9. The van der Waals surface area contributed by atoms with Gasteiger partial charge in [-0.1, -0.05) is 327 Å². The molecule has 0 spiro atoms. The Hall–Kier alpha value is -0.780. The van der Waals surface area contributed by atoms with Crippen LogP contribution in [0.5, 0.6) is 0 Å². The molecule has 4 aliphatic carbocycles. The van der Waals surface area contributed by atoms with E-state index >= 15 is 0 Å². The van der Waals surface area contributed by atoms with Gasteiger partial charge in [-0.3, -0.25) is 0 Å². The second-order valence-corrected chi connectivity index (χ2v) is 35.3. The van der Waals surface area contributed by atoms with Gasteiger partial charge in [0.15, 0.2) is 0 Å². The zero-order valence-corrected chi connectivity index (χ0v) is 63.1. The molecule has 0 aliphatic heterocycles. The molecule has 0 amide bonds. The first-order chi connectivity index (χ1) is 37.9. The normalized spacial score (nSPS) is 18.7. The fourth-order valence-corrected chi connectivity index (χ4v) is 7.75. The van der Waals surface area contributed by atoms with Crippen LogP contribution >= 0.6 is 0 Å². The average molecular weight is 1290 g/mol. The molecule has 544 valence electrons. The summed E-state index contributed by atoms with van der Waals surface area (Å²) in [5, 5.41) is 17.3. The number of hydrogen-bond donors (Lipinski definition) is 2. The molecule has 4 aliphatic rings. The number of hydrogen-bond acceptors (Lipinski definition) is 2. The summed E-state index contributed by atoms with van der Waals surface area (Å²) in [6.07, 6.45) is 8.31. The minimum absolute atomic E-state index is 0. The average Bonchev–Trinajstić information content (AvgIpc) is 3.83. The third kappa shape index (κ3) is 53.6. The topological polar surface area (TPSA) is 40.5 Å². The Morgan fingerprint density at radius 3 is 0.591 bits per heavy atom. The summed E-state index contributed by atoms with van der Waals surface area (Å²) in [4.78, 5) is 0. The van der Waals surface area contributed by atoms with E-state index in [4.69, 9.17) is 10.2 Å². The fraction of sp³-hybridized carbons (Fsp3) is 1.00. The lowest BCUT2D eigenvalue weighted by Gasteiger charge is -2.28. The Morgan fingerprint density at radius 2 is 0.545 bits per heavy atom. The van der Waals surface area contributed by atoms with Crippen molar-refractivity contribution in [1.82, 2.24) is 0 Å². The molecule has 4 fully saturated rings. The molecular formula is C76H158F10O2. The van der Waals surface area contributed by atoms with Crippen LogP contribution in [0.25, 0.3) is 0 Å². The molecule has 0 aromatic rings. The largest absolute Gasteiger partial charge is 0.396 e. The van der Waals surface area contributed by atoms with Gasteiger partial charge < -0.3 is 10.2 Å². The first-order valence-corrected chi connectivity index (χ1v) is 33.8. The zero-order chi connectivity index (χ0) is 70.4. The Kier molecular flexibility index (Phi) is 53.5. The van der Waals surface area contributed by atoms with Crippen LogP contribution in [0.15, 0.2) is 0 Å². The van der Waals surface area contributed by atoms with Crippen LogP contribution < -0.4 is 0 Å². The molecule has 2 N–H and O–H groups in total. The standard InChI is InChI=1S/C9H18.2C8H16.2C7H13F3.2C7H14F2.2C7H16O.C7H14.2CH4/c1-8(2)9-6-4-3-5-7-9;1-7(2,3)8(4)5-6-8;1-7(2)8-5-3-4-6-8;2*1-5(6(2,3)4)7(8,9)10;2*1-5(6(8)9)7(2,3)4;2*1-6(5-8)7(2,3)4;1-6(2)7-4-3-5-7;;/h8-9H,3-7H2,1-2H3;5-6H2,1-4H3;7-8H,3-6H2,1-2H3;2*5H,1-4H3;2*5-6H,1-4H3;2*6,8H,5H2,1-4H3;6-7H,3-5H2,1-2H3;2*1H4/t;;;;;2*5-;2*6-;;;/m.....1010.../s1. The van der Waals surface area contributed by atoms with Crippen LogP contribution in [0.3, 0.4) is 0 Å². The summed E-state index contributed by atoms with van der Waals surface area (Å²) >= 11 is 0. The minimum atomic E-state index is -4.06. The Bertz CT molecular complexity index is 1460. The molecule has 2 unspecified atom stereocenters. The fourth-order valence-electron chi connectivity index (χ4n) is 7.75. The number of alkyl halides is 10. The highest BCUT2D eigenvalue weighted by molar-refractivity contribution is 4.97. The maximum atomic E-state index is 11.9. The summed E-state index contributed by atoms with van der Waals surface area (Å²) in [5.41, 5.74) is -0.150.